The number of nitrogens with one attached hydrogen (secondary N) is 1. The molecule has 0 aliphatic carbocycles. The number of aromatic nitrogens is 4. The molecule has 108 valence electrons. The van der Waals surface area contributed by atoms with Crippen LogP contribution in [0.5, 0.6) is 0 Å². The smallest absolute Gasteiger partial charge is 0.222 e. The maximum Gasteiger partial charge on any atom is 0.222 e. The molecule has 0 aliphatic rings. The van der Waals surface area contributed by atoms with E-state index in [1.165, 1.54) is 0 Å². The molecule has 1 unspecified atom stereocenters. The summed E-state index contributed by atoms with van der Waals surface area (Å²) in [5, 5.41) is 12.8. The summed E-state index contributed by atoms with van der Waals surface area (Å²) in [6.45, 7) is 6.48. The highest BCUT2D eigenvalue weighted by atomic mass is 32.1. The van der Waals surface area contributed by atoms with E-state index in [-0.39, 0.29) is 11.9 Å². The molecule has 1 atom stereocenters. The summed E-state index contributed by atoms with van der Waals surface area (Å²) in [6, 6.07) is 0.112. The Bertz CT molecular complexity index is 577. The van der Waals surface area contributed by atoms with Gasteiger partial charge in [-0.1, -0.05) is 0 Å². The molecule has 1 N–H and O–H groups in total. The third-order valence-corrected chi connectivity index (χ3v) is 3.95. The van der Waals surface area contributed by atoms with Crippen molar-refractivity contribution in [1.29, 1.82) is 0 Å². The van der Waals surface area contributed by atoms with Crippen LogP contribution in [0.4, 0.5) is 0 Å². The molecule has 0 saturated carbocycles. The Labute approximate surface area is 122 Å². The zero-order valence-electron chi connectivity index (χ0n) is 12.0. The topological polar surface area (TPSA) is 72.7 Å². The monoisotopic (exact) mass is 293 g/mol. The van der Waals surface area contributed by atoms with Crippen LogP contribution in [0.25, 0.3) is 0 Å². The third kappa shape index (κ3) is 3.86. The summed E-state index contributed by atoms with van der Waals surface area (Å²) in [5.41, 5.74) is 0. The first-order valence-corrected chi connectivity index (χ1v) is 7.43. The highest BCUT2D eigenvalue weighted by Gasteiger charge is 2.12. The van der Waals surface area contributed by atoms with Crippen molar-refractivity contribution in [1.82, 2.24) is 25.1 Å². The Morgan fingerprint density at radius 2 is 2.25 bits per heavy atom. The maximum atomic E-state index is 11.9. The molecule has 0 radical (unpaired) electrons. The van der Waals surface area contributed by atoms with E-state index in [0.717, 1.165) is 22.3 Å². The van der Waals surface area contributed by atoms with Crippen molar-refractivity contribution in [3.8, 4) is 0 Å². The van der Waals surface area contributed by atoms with Crippen LogP contribution in [0.3, 0.4) is 0 Å². The van der Waals surface area contributed by atoms with Crippen LogP contribution in [0.1, 0.15) is 35.2 Å². The van der Waals surface area contributed by atoms with Gasteiger partial charge < -0.3 is 9.88 Å². The number of rotatable bonds is 6. The van der Waals surface area contributed by atoms with Crippen molar-refractivity contribution in [3.63, 3.8) is 0 Å². The van der Waals surface area contributed by atoms with Crippen molar-refractivity contribution in [3.05, 3.63) is 28.2 Å². The van der Waals surface area contributed by atoms with Crippen molar-refractivity contribution in [2.45, 2.75) is 39.7 Å². The third-order valence-electron chi connectivity index (χ3n) is 3.05. The van der Waals surface area contributed by atoms with Crippen molar-refractivity contribution in [2.75, 3.05) is 6.54 Å². The van der Waals surface area contributed by atoms with E-state index in [9.17, 15) is 4.79 Å². The van der Waals surface area contributed by atoms with E-state index in [1.54, 1.807) is 17.5 Å². The lowest BCUT2D eigenvalue weighted by atomic mass is 10.2. The zero-order valence-corrected chi connectivity index (χ0v) is 12.8. The Hall–Kier alpha value is -1.76. The van der Waals surface area contributed by atoms with Crippen LogP contribution >= 0.6 is 11.3 Å². The number of hydrogen-bond acceptors (Lipinski definition) is 5. The van der Waals surface area contributed by atoms with Crippen LogP contribution in [0, 0.1) is 13.8 Å². The lowest BCUT2D eigenvalue weighted by Gasteiger charge is -2.14. The molecular weight excluding hydrogens is 274 g/mol. The minimum atomic E-state index is 0.0480. The molecule has 2 aromatic heterocycles. The van der Waals surface area contributed by atoms with E-state index < -0.39 is 0 Å². The summed E-state index contributed by atoms with van der Waals surface area (Å²) in [4.78, 5) is 16.0. The zero-order chi connectivity index (χ0) is 14.5. The quantitative estimate of drug-likeness (QED) is 0.879. The minimum Gasteiger partial charge on any atom is -0.356 e. The highest BCUT2D eigenvalue weighted by Crippen LogP contribution is 2.12. The Balaban J connectivity index is 1.74. The van der Waals surface area contributed by atoms with Gasteiger partial charge in [0.05, 0.1) is 0 Å². The molecule has 0 aliphatic heterocycles. The van der Waals surface area contributed by atoms with Gasteiger partial charge in [-0.15, -0.1) is 21.5 Å². The molecule has 20 heavy (non-hydrogen) atoms. The van der Waals surface area contributed by atoms with Gasteiger partial charge in [-0.25, -0.2) is 4.98 Å². The summed E-state index contributed by atoms with van der Waals surface area (Å²) < 4.78 is 2.01. The van der Waals surface area contributed by atoms with Crippen LogP contribution in [0.2, 0.25) is 0 Å². The fourth-order valence-corrected chi connectivity index (χ4v) is 2.75. The number of carbonyl (C=O) groups excluding carboxylic acids is 1. The number of aryl methyl sites for hydroxylation is 2. The average Bonchev–Trinajstić information content (AvgIpc) is 2.98. The lowest BCUT2D eigenvalue weighted by molar-refractivity contribution is -0.121. The van der Waals surface area contributed by atoms with Gasteiger partial charge in [-0.3, -0.25) is 4.79 Å². The first kappa shape index (κ1) is 14.6. The van der Waals surface area contributed by atoms with Crippen LogP contribution in [0.15, 0.2) is 12.4 Å². The fraction of sp³-hybridized carbons (Fsp3) is 0.538. The largest absolute Gasteiger partial charge is 0.356 e. The second kappa shape index (κ2) is 6.60. The van der Waals surface area contributed by atoms with Gasteiger partial charge in [0, 0.05) is 37.8 Å². The fourth-order valence-electron chi connectivity index (χ4n) is 2.04. The van der Waals surface area contributed by atoms with Gasteiger partial charge in [-0.2, -0.15) is 0 Å². The summed E-state index contributed by atoms with van der Waals surface area (Å²) >= 11 is 1.57. The van der Waals surface area contributed by atoms with Crippen LogP contribution < -0.4 is 5.32 Å². The number of amides is 1. The van der Waals surface area contributed by atoms with E-state index in [2.05, 4.69) is 20.5 Å². The van der Waals surface area contributed by atoms with Gasteiger partial charge >= 0.3 is 0 Å². The average molecular weight is 293 g/mol. The second-order valence-corrected chi connectivity index (χ2v) is 6.02. The predicted octanol–water partition coefficient (Wildman–Crippen LogP) is 1.66. The Morgan fingerprint density at radius 1 is 1.45 bits per heavy atom. The van der Waals surface area contributed by atoms with E-state index in [0.29, 0.717) is 13.0 Å². The maximum absolute atomic E-state index is 11.9. The predicted molar refractivity (Wildman–Crippen MR) is 77.7 cm³/mol. The second-order valence-electron chi connectivity index (χ2n) is 4.75. The minimum absolute atomic E-state index is 0.0480. The lowest BCUT2D eigenvalue weighted by Crippen LogP contribution is -2.27. The molecule has 1 amide bonds. The van der Waals surface area contributed by atoms with Gasteiger partial charge in [0.1, 0.15) is 15.8 Å². The van der Waals surface area contributed by atoms with E-state index >= 15 is 0 Å². The normalized spacial score (nSPS) is 12.3. The van der Waals surface area contributed by atoms with Gasteiger partial charge in [0.15, 0.2) is 0 Å². The first-order chi connectivity index (χ1) is 9.56. The summed E-state index contributed by atoms with van der Waals surface area (Å²) in [5.74, 6) is 0.974. The van der Waals surface area contributed by atoms with Crippen LogP contribution in [-0.4, -0.2) is 32.2 Å². The SMILES string of the molecule is Cc1nnc(CCNC(=O)CC(C)n2ccnc2C)s1. The number of hydrogen-bond donors (Lipinski definition) is 1. The molecule has 2 rings (SSSR count). The molecule has 0 spiro atoms. The molecule has 6 nitrogen and oxygen atoms in total. The van der Waals surface area contributed by atoms with Crippen molar-refractivity contribution in [2.24, 2.45) is 0 Å². The molecule has 7 heteroatoms. The van der Waals surface area contributed by atoms with E-state index in [1.807, 2.05) is 31.5 Å². The molecule has 0 fully saturated rings. The molecule has 0 bridgehead atoms. The van der Waals surface area contributed by atoms with Crippen molar-refractivity contribution >= 4 is 17.2 Å². The van der Waals surface area contributed by atoms with Crippen LogP contribution in [-0.2, 0) is 11.2 Å². The molecule has 0 aromatic carbocycles. The molecular formula is C13H19N5OS. The molecule has 2 heterocycles. The number of imidazole rings is 1. The Morgan fingerprint density at radius 3 is 2.85 bits per heavy atom. The highest BCUT2D eigenvalue weighted by molar-refractivity contribution is 7.11. The van der Waals surface area contributed by atoms with E-state index in [4.69, 9.17) is 0 Å². The van der Waals surface area contributed by atoms with Gasteiger partial charge in [-0.05, 0) is 20.8 Å². The molecule has 2 aromatic rings. The standard InChI is InChI=1S/C13H19N5OS/c1-9(18-7-6-14-10(18)2)8-12(19)15-5-4-13-17-16-11(3)20-13/h6-7,9H,4-5,8H2,1-3H3,(H,15,19). The van der Waals surface area contributed by atoms with Gasteiger partial charge in [0.25, 0.3) is 0 Å². The van der Waals surface area contributed by atoms with Gasteiger partial charge in [0.2, 0.25) is 5.91 Å². The number of carbonyl (C=O) groups is 1. The van der Waals surface area contributed by atoms with Crippen molar-refractivity contribution < 1.29 is 4.79 Å². The molecule has 0 saturated heterocycles. The summed E-state index contributed by atoms with van der Waals surface area (Å²) in [7, 11) is 0. The number of nitrogens with zero attached hydrogens (tertiary/aromatic N) is 4. The Kier molecular flexibility index (Phi) is 4.84. The summed E-state index contributed by atoms with van der Waals surface area (Å²) in [6.07, 6.45) is 4.83. The first-order valence-electron chi connectivity index (χ1n) is 6.61.